The number of rotatable bonds is 5. The molecular formula is C14H21N3O5. The largest absolute Gasteiger partial charge is 0.467 e. The number of carbonyl (C=O) groups is 3. The van der Waals surface area contributed by atoms with Crippen LogP contribution in [0.25, 0.3) is 0 Å². The smallest absolute Gasteiger partial charge is 0.328 e. The topological polar surface area (TPSA) is 120 Å². The van der Waals surface area contributed by atoms with E-state index in [0.29, 0.717) is 0 Å². The number of nitriles is 1. The van der Waals surface area contributed by atoms with Crippen molar-refractivity contribution in [1.29, 1.82) is 5.26 Å². The molecule has 0 radical (unpaired) electrons. The number of likely N-dealkylation sites (tertiary alicyclic amines) is 1. The maximum Gasteiger partial charge on any atom is 0.328 e. The molecule has 0 aromatic rings. The van der Waals surface area contributed by atoms with Crippen LogP contribution in [0.15, 0.2) is 0 Å². The summed E-state index contributed by atoms with van der Waals surface area (Å²) >= 11 is 0. The summed E-state index contributed by atoms with van der Waals surface area (Å²) in [6.45, 7) is 3.03. The van der Waals surface area contributed by atoms with Crippen LogP contribution in [0.2, 0.25) is 0 Å². The molecular weight excluding hydrogens is 290 g/mol. The summed E-state index contributed by atoms with van der Waals surface area (Å²) in [6.07, 6.45) is -0.536. The van der Waals surface area contributed by atoms with E-state index in [9.17, 15) is 19.5 Å². The van der Waals surface area contributed by atoms with Crippen molar-refractivity contribution in [1.82, 2.24) is 10.2 Å². The average Bonchev–Trinajstić information content (AvgIpc) is 2.87. The number of esters is 1. The lowest BCUT2D eigenvalue weighted by molar-refractivity contribution is -0.146. The van der Waals surface area contributed by atoms with Gasteiger partial charge in [0, 0.05) is 25.8 Å². The number of aliphatic hydroxyl groups is 1. The van der Waals surface area contributed by atoms with E-state index in [-0.39, 0.29) is 25.3 Å². The molecule has 0 aromatic carbocycles. The first-order chi connectivity index (χ1) is 10.3. The van der Waals surface area contributed by atoms with E-state index in [1.807, 2.05) is 6.07 Å². The molecule has 1 fully saturated rings. The Labute approximate surface area is 129 Å². The number of hydrogen-bond acceptors (Lipinski definition) is 6. The molecule has 4 atom stereocenters. The third-order valence-electron chi connectivity index (χ3n) is 3.60. The van der Waals surface area contributed by atoms with Gasteiger partial charge in [-0.1, -0.05) is 0 Å². The third kappa shape index (κ3) is 4.43. The summed E-state index contributed by atoms with van der Waals surface area (Å²) < 4.78 is 4.62. The van der Waals surface area contributed by atoms with Crippen LogP contribution >= 0.6 is 0 Å². The normalized spacial score (nSPS) is 23.3. The van der Waals surface area contributed by atoms with Crippen molar-refractivity contribution in [3.63, 3.8) is 0 Å². The fraction of sp³-hybridized carbons (Fsp3) is 0.714. The fourth-order valence-electron chi connectivity index (χ4n) is 2.44. The molecule has 22 heavy (non-hydrogen) atoms. The number of hydrogen-bond donors (Lipinski definition) is 2. The molecule has 1 heterocycles. The van der Waals surface area contributed by atoms with Crippen molar-refractivity contribution in [3.05, 3.63) is 0 Å². The summed E-state index contributed by atoms with van der Waals surface area (Å²) in [4.78, 5) is 36.8. The number of amides is 2. The number of methoxy groups -OCH3 is 1. The van der Waals surface area contributed by atoms with E-state index in [1.54, 1.807) is 6.92 Å². The Hall–Kier alpha value is -2.14. The molecule has 0 saturated carbocycles. The maximum absolute atomic E-state index is 12.3. The summed E-state index contributed by atoms with van der Waals surface area (Å²) in [5.41, 5.74) is 0. The van der Waals surface area contributed by atoms with Crippen molar-refractivity contribution < 1.29 is 24.2 Å². The lowest BCUT2D eigenvalue weighted by Crippen LogP contribution is -2.51. The molecule has 122 valence electrons. The Morgan fingerprint density at radius 3 is 2.64 bits per heavy atom. The van der Waals surface area contributed by atoms with Crippen LogP contribution in [-0.4, -0.2) is 59.6 Å². The molecule has 0 bridgehead atoms. The van der Waals surface area contributed by atoms with E-state index in [2.05, 4.69) is 10.1 Å². The van der Waals surface area contributed by atoms with Gasteiger partial charge in [-0.3, -0.25) is 9.59 Å². The molecule has 8 heteroatoms. The second-order valence-corrected chi connectivity index (χ2v) is 5.43. The highest BCUT2D eigenvalue weighted by Gasteiger charge is 2.39. The second kappa shape index (κ2) is 7.75. The molecule has 0 aromatic heterocycles. The molecule has 0 aliphatic carbocycles. The van der Waals surface area contributed by atoms with Gasteiger partial charge in [-0.25, -0.2) is 4.79 Å². The number of carbonyl (C=O) groups excluding carboxylic acids is 3. The van der Waals surface area contributed by atoms with Crippen molar-refractivity contribution >= 4 is 17.8 Å². The predicted octanol–water partition coefficient (Wildman–Crippen LogP) is -0.824. The second-order valence-electron chi connectivity index (χ2n) is 5.43. The number of nitrogens with zero attached hydrogens (tertiary/aromatic N) is 2. The van der Waals surface area contributed by atoms with Gasteiger partial charge in [-0.2, -0.15) is 5.26 Å². The van der Waals surface area contributed by atoms with Gasteiger partial charge >= 0.3 is 5.97 Å². The molecule has 0 spiro atoms. The molecule has 1 rings (SSSR count). The zero-order chi connectivity index (χ0) is 16.9. The van der Waals surface area contributed by atoms with Crippen molar-refractivity contribution in [3.8, 4) is 6.07 Å². The van der Waals surface area contributed by atoms with Gasteiger partial charge in [0.05, 0.1) is 19.3 Å². The first-order valence-electron chi connectivity index (χ1n) is 7.03. The monoisotopic (exact) mass is 311 g/mol. The van der Waals surface area contributed by atoms with Crippen LogP contribution in [-0.2, 0) is 19.1 Å². The number of aliphatic hydroxyl groups excluding tert-OH is 1. The molecule has 1 aliphatic rings. The van der Waals surface area contributed by atoms with Crippen LogP contribution in [0, 0.1) is 17.2 Å². The predicted molar refractivity (Wildman–Crippen MR) is 75.1 cm³/mol. The van der Waals surface area contributed by atoms with Crippen LogP contribution in [0.5, 0.6) is 0 Å². The Morgan fingerprint density at radius 1 is 1.50 bits per heavy atom. The fourth-order valence-corrected chi connectivity index (χ4v) is 2.44. The van der Waals surface area contributed by atoms with Crippen LogP contribution in [0.4, 0.5) is 0 Å². The number of β-amino-alcohol motifs (C(OH)–C–C–N with tert-alkyl or cyclic N) is 1. The minimum atomic E-state index is -0.960. The highest BCUT2D eigenvalue weighted by molar-refractivity contribution is 5.90. The highest BCUT2D eigenvalue weighted by Crippen LogP contribution is 2.19. The van der Waals surface area contributed by atoms with Crippen LogP contribution in [0.3, 0.4) is 0 Å². The van der Waals surface area contributed by atoms with Crippen molar-refractivity contribution in [2.75, 3.05) is 13.7 Å². The maximum atomic E-state index is 12.3. The Kier molecular flexibility index (Phi) is 6.31. The van der Waals surface area contributed by atoms with Gasteiger partial charge in [0.1, 0.15) is 12.1 Å². The summed E-state index contributed by atoms with van der Waals surface area (Å²) in [7, 11) is 1.19. The SMILES string of the molecule is COC(=O)[C@H](C[C@H](C)C#N)NC(=O)[C@@H]1C[C@@H](O)CN1C(C)=O. The van der Waals surface area contributed by atoms with Crippen LogP contribution in [0.1, 0.15) is 26.7 Å². The first-order valence-corrected chi connectivity index (χ1v) is 7.03. The lowest BCUT2D eigenvalue weighted by Gasteiger charge is -2.24. The minimum absolute atomic E-state index is 0.0882. The Morgan fingerprint density at radius 2 is 2.14 bits per heavy atom. The van der Waals surface area contributed by atoms with Gasteiger partial charge in [-0.05, 0) is 13.3 Å². The van der Waals surface area contributed by atoms with Crippen molar-refractivity contribution in [2.24, 2.45) is 5.92 Å². The summed E-state index contributed by atoms with van der Waals surface area (Å²) in [6, 6.07) is 0.206. The van der Waals surface area contributed by atoms with Gasteiger partial charge in [0.2, 0.25) is 11.8 Å². The lowest BCUT2D eigenvalue weighted by atomic mass is 10.0. The van der Waals surface area contributed by atoms with Gasteiger partial charge in [0.25, 0.3) is 0 Å². The number of nitrogens with one attached hydrogen (secondary N) is 1. The number of ether oxygens (including phenoxy) is 1. The molecule has 1 aliphatic heterocycles. The standard InChI is InChI=1S/C14H21N3O5/c1-8(6-15)4-11(14(21)22-3)16-13(20)12-5-10(19)7-17(12)9(2)18/h8,10-12,19H,4-5,7H2,1-3H3,(H,16,20)/t8-,10+,11-,12-/m0/s1. The van der Waals surface area contributed by atoms with Gasteiger partial charge in [0.15, 0.2) is 0 Å². The molecule has 1 saturated heterocycles. The van der Waals surface area contributed by atoms with E-state index < -0.39 is 36.0 Å². The highest BCUT2D eigenvalue weighted by atomic mass is 16.5. The third-order valence-corrected chi connectivity index (χ3v) is 3.60. The zero-order valence-corrected chi connectivity index (χ0v) is 12.9. The Bertz CT molecular complexity index is 487. The van der Waals surface area contributed by atoms with Gasteiger partial charge in [-0.15, -0.1) is 0 Å². The zero-order valence-electron chi connectivity index (χ0n) is 12.9. The minimum Gasteiger partial charge on any atom is -0.467 e. The molecule has 0 unspecified atom stereocenters. The van der Waals surface area contributed by atoms with Crippen molar-refractivity contribution in [2.45, 2.75) is 44.9 Å². The van der Waals surface area contributed by atoms with E-state index in [1.165, 1.54) is 18.9 Å². The van der Waals surface area contributed by atoms with E-state index in [4.69, 9.17) is 5.26 Å². The molecule has 8 nitrogen and oxygen atoms in total. The van der Waals surface area contributed by atoms with Crippen LogP contribution < -0.4 is 5.32 Å². The summed E-state index contributed by atoms with van der Waals surface area (Å²) in [5.74, 6) is -1.95. The molecule has 2 amide bonds. The van der Waals surface area contributed by atoms with Gasteiger partial charge < -0.3 is 20.1 Å². The average molecular weight is 311 g/mol. The van der Waals surface area contributed by atoms with E-state index >= 15 is 0 Å². The molecule has 2 N–H and O–H groups in total. The summed E-state index contributed by atoms with van der Waals surface area (Å²) in [5, 5.41) is 21.0. The van der Waals surface area contributed by atoms with E-state index in [0.717, 1.165) is 0 Å². The quantitative estimate of drug-likeness (QED) is 0.640. The first kappa shape index (κ1) is 17.9. The Balaban J connectivity index is 2.79.